The monoisotopic (exact) mass is 629 g/mol. The van der Waals surface area contributed by atoms with Crippen molar-refractivity contribution in [3.63, 3.8) is 0 Å². The van der Waals surface area contributed by atoms with E-state index in [0.717, 1.165) is 50.6 Å². The lowest BCUT2D eigenvalue weighted by atomic mass is 9.75. The molecule has 0 amide bonds. The molecule has 7 aromatic rings. The van der Waals surface area contributed by atoms with Crippen LogP contribution in [0.2, 0.25) is 0 Å². The molecule has 3 heterocycles. The van der Waals surface area contributed by atoms with Gasteiger partial charge in [0.2, 0.25) is 0 Å². The summed E-state index contributed by atoms with van der Waals surface area (Å²) in [7, 11) is 0. The minimum atomic E-state index is 0.0484. The molecule has 0 spiro atoms. The molecule has 0 aliphatic heterocycles. The van der Waals surface area contributed by atoms with E-state index in [9.17, 15) is 0 Å². The lowest BCUT2D eigenvalue weighted by Crippen LogP contribution is -2.16. The van der Waals surface area contributed by atoms with Crippen LogP contribution in [0.3, 0.4) is 0 Å². The number of rotatable bonds is 7. The summed E-state index contributed by atoms with van der Waals surface area (Å²) in [5, 5.41) is 0. The Morgan fingerprint density at radius 3 is 1.39 bits per heavy atom. The van der Waals surface area contributed by atoms with E-state index in [0.29, 0.717) is 0 Å². The molecular weight excluding hydrogens is 595 g/mol. The summed E-state index contributed by atoms with van der Waals surface area (Å²) < 4.78 is 0. The predicted molar refractivity (Wildman–Crippen MR) is 202 cm³/mol. The summed E-state index contributed by atoms with van der Waals surface area (Å²) in [6, 6.07) is 55.1. The van der Waals surface area contributed by atoms with Crippen LogP contribution in [0, 0.1) is 5.92 Å². The van der Waals surface area contributed by atoms with Gasteiger partial charge in [0.15, 0.2) is 0 Å². The van der Waals surface area contributed by atoms with Gasteiger partial charge >= 0.3 is 0 Å². The van der Waals surface area contributed by atoms with E-state index in [1.54, 1.807) is 0 Å². The fraction of sp³-hybridized carbons (Fsp3) is 0.0652. The van der Waals surface area contributed by atoms with Gasteiger partial charge in [-0.15, -0.1) is 0 Å². The first kappa shape index (κ1) is 30.2. The van der Waals surface area contributed by atoms with Crippen molar-refractivity contribution in [2.75, 3.05) is 0 Å². The number of allylic oxidation sites excluding steroid dienone is 4. The smallest absolute Gasteiger partial charge is 0.0712 e. The lowest BCUT2D eigenvalue weighted by Gasteiger charge is -2.30. The largest absolute Gasteiger partial charge is 0.257 e. The number of pyridine rings is 3. The fourth-order valence-electron chi connectivity index (χ4n) is 6.78. The van der Waals surface area contributed by atoms with E-state index >= 15 is 0 Å². The van der Waals surface area contributed by atoms with Gasteiger partial charge in [-0.25, -0.2) is 4.98 Å². The van der Waals surface area contributed by atoms with Crippen molar-refractivity contribution in [1.29, 1.82) is 0 Å². The minimum Gasteiger partial charge on any atom is -0.257 e. The number of nitrogens with zero attached hydrogens (tertiary/aromatic N) is 3. The van der Waals surface area contributed by atoms with Crippen LogP contribution in [0.5, 0.6) is 0 Å². The van der Waals surface area contributed by atoms with Crippen LogP contribution in [0.25, 0.3) is 55.9 Å². The van der Waals surface area contributed by atoms with E-state index in [4.69, 9.17) is 15.0 Å². The maximum Gasteiger partial charge on any atom is 0.0712 e. The molecule has 3 heteroatoms. The summed E-state index contributed by atoms with van der Waals surface area (Å²) in [5.41, 5.74) is 14.2. The topological polar surface area (TPSA) is 38.7 Å². The van der Waals surface area contributed by atoms with Crippen molar-refractivity contribution in [2.45, 2.75) is 12.8 Å². The molecule has 0 saturated carbocycles. The molecule has 0 N–H and O–H groups in total. The van der Waals surface area contributed by atoms with E-state index < -0.39 is 0 Å². The quantitative estimate of drug-likeness (QED) is 0.176. The van der Waals surface area contributed by atoms with E-state index in [1.165, 1.54) is 22.3 Å². The van der Waals surface area contributed by atoms with Crippen LogP contribution < -0.4 is 0 Å². The molecule has 0 radical (unpaired) electrons. The minimum absolute atomic E-state index is 0.0484. The first-order valence-corrected chi connectivity index (χ1v) is 16.8. The van der Waals surface area contributed by atoms with Gasteiger partial charge in [-0.3, -0.25) is 9.97 Å². The molecule has 3 aromatic heterocycles. The van der Waals surface area contributed by atoms with Gasteiger partial charge in [0, 0.05) is 29.4 Å². The Morgan fingerprint density at radius 2 is 0.878 bits per heavy atom. The molecule has 234 valence electrons. The third-order valence-corrected chi connectivity index (χ3v) is 9.40. The molecule has 1 aliphatic rings. The van der Waals surface area contributed by atoms with Crippen LogP contribution in [-0.4, -0.2) is 15.0 Å². The van der Waals surface area contributed by atoms with Gasteiger partial charge < -0.3 is 0 Å². The third-order valence-electron chi connectivity index (χ3n) is 9.40. The van der Waals surface area contributed by atoms with Gasteiger partial charge in [-0.05, 0) is 87.4 Å². The zero-order valence-electron chi connectivity index (χ0n) is 27.3. The van der Waals surface area contributed by atoms with Gasteiger partial charge in [0.25, 0.3) is 0 Å². The number of hydrogen-bond acceptors (Lipinski definition) is 3. The summed E-state index contributed by atoms with van der Waals surface area (Å²) in [6.07, 6.45) is 8.54. The van der Waals surface area contributed by atoms with Gasteiger partial charge in [0.1, 0.15) is 0 Å². The highest BCUT2D eigenvalue weighted by atomic mass is 14.7. The Morgan fingerprint density at radius 1 is 0.429 bits per heavy atom. The fourth-order valence-corrected chi connectivity index (χ4v) is 6.78. The van der Waals surface area contributed by atoms with Crippen LogP contribution in [0.4, 0.5) is 0 Å². The Hall–Kier alpha value is -6.19. The summed E-state index contributed by atoms with van der Waals surface area (Å²) in [6.45, 7) is 2.32. The molecule has 3 nitrogen and oxygen atoms in total. The SMILES string of the molecule is CC1C(c2cc(-c3ccccc3)ccn2)=CC(c2cc(-c3ccccc3)ccn2)=CC1c1cc(-c2ccccc2)nc(-c2ccccc2)c1. The first-order chi connectivity index (χ1) is 24.2. The Kier molecular flexibility index (Phi) is 8.31. The summed E-state index contributed by atoms with van der Waals surface area (Å²) >= 11 is 0. The molecule has 49 heavy (non-hydrogen) atoms. The molecule has 0 saturated heterocycles. The summed E-state index contributed by atoms with van der Waals surface area (Å²) in [5.74, 6) is 0.182. The van der Waals surface area contributed by atoms with Crippen molar-refractivity contribution in [3.05, 3.63) is 199 Å². The highest BCUT2D eigenvalue weighted by Crippen LogP contribution is 2.44. The second kappa shape index (κ2) is 13.5. The van der Waals surface area contributed by atoms with Crippen molar-refractivity contribution in [3.8, 4) is 44.8 Å². The standard InChI is InChI=1S/C46H35N3/c1-32-41(39-30-44(35-18-10-4-11-19-35)49-45(31-39)36-20-12-5-13-21-36)26-40(43-28-37(22-24-47-43)33-14-6-2-7-15-33)27-42(32)46-29-38(23-25-48-46)34-16-8-3-9-17-34/h2-32,41H,1H3. The second-order valence-corrected chi connectivity index (χ2v) is 12.5. The maximum atomic E-state index is 5.18. The lowest BCUT2D eigenvalue weighted by molar-refractivity contribution is 0.652. The zero-order valence-corrected chi connectivity index (χ0v) is 27.3. The highest BCUT2D eigenvalue weighted by Gasteiger charge is 2.29. The van der Waals surface area contributed by atoms with Crippen molar-refractivity contribution in [1.82, 2.24) is 15.0 Å². The normalized spacial score (nSPS) is 15.7. The van der Waals surface area contributed by atoms with Gasteiger partial charge in [-0.2, -0.15) is 0 Å². The molecule has 2 unspecified atom stereocenters. The van der Waals surface area contributed by atoms with Crippen LogP contribution in [0.1, 0.15) is 29.8 Å². The first-order valence-electron chi connectivity index (χ1n) is 16.8. The number of benzene rings is 4. The van der Waals surface area contributed by atoms with E-state index in [2.05, 4.69) is 165 Å². The Bertz CT molecular complexity index is 2220. The van der Waals surface area contributed by atoms with Crippen molar-refractivity contribution in [2.24, 2.45) is 5.92 Å². The third kappa shape index (κ3) is 6.39. The van der Waals surface area contributed by atoms with Crippen LogP contribution in [-0.2, 0) is 0 Å². The van der Waals surface area contributed by atoms with Crippen LogP contribution in [0.15, 0.2) is 182 Å². The molecule has 0 fully saturated rings. The number of hydrogen-bond donors (Lipinski definition) is 0. The predicted octanol–water partition coefficient (Wildman–Crippen LogP) is 11.4. The average Bonchev–Trinajstić information content (AvgIpc) is 3.19. The van der Waals surface area contributed by atoms with Gasteiger partial charge in [0.05, 0.1) is 22.8 Å². The molecule has 0 bridgehead atoms. The zero-order chi connectivity index (χ0) is 33.0. The Balaban J connectivity index is 1.30. The molecular formula is C46H35N3. The molecule has 2 atom stereocenters. The maximum absolute atomic E-state index is 5.18. The molecule has 1 aliphatic carbocycles. The van der Waals surface area contributed by atoms with E-state index in [1.807, 2.05) is 24.5 Å². The number of aromatic nitrogens is 3. The van der Waals surface area contributed by atoms with Gasteiger partial charge in [-0.1, -0.05) is 134 Å². The van der Waals surface area contributed by atoms with Crippen LogP contribution >= 0.6 is 0 Å². The Labute approximate surface area is 288 Å². The highest BCUT2D eigenvalue weighted by molar-refractivity contribution is 5.88. The molecule has 8 rings (SSSR count). The molecule has 4 aromatic carbocycles. The van der Waals surface area contributed by atoms with E-state index in [-0.39, 0.29) is 11.8 Å². The second-order valence-electron chi connectivity index (χ2n) is 12.5. The van der Waals surface area contributed by atoms with Crippen molar-refractivity contribution >= 4 is 11.1 Å². The van der Waals surface area contributed by atoms with Crippen molar-refractivity contribution < 1.29 is 0 Å². The summed E-state index contributed by atoms with van der Waals surface area (Å²) in [4.78, 5) is 15.1. The average molecular weight is 630 g/mol.